The molecule has 0 aromatic rings. The van der Waals surface area contributed by atoms with E-state index in [1.165, 1.54) is 0 Å². The summed E-state index contributed by atoms with van der Waals surface area (Å²) >= 11 is 0. The molecular weight excluding hydrogens is 138 g/mol. The van der Waals surface area contributed by atoms with Gasteiger partial charge in [0.1, 0.15) is 0 Å². The van der Waals surface area contributed by atoms with Gasteiger partial charge in [-0.1, -0.05) is 27.7 Å². The summed E-state index contributed by atoms with van der Waals surface area (Å²) in [6.45, 7) is 9.67. The smallest absolute Gasteiger partial charge is 0.207 e. The summed E-state index contributed by atoms with van der Waals surface area (Å²) in [4.78, 5) is 9.92. The first-order valence-corrected chi connectivity index (χ1v) is 4.15. The van der Waals surface area contributed by atoms with E-state index in [-0.39, 0.29) is 0 Å². The van der Waals surface area contributed by atoms with Gasteiger partial charge in [-0.2, -0.15) is 0 Å². The molecule has 0 aliphatic carbocycles. The molecule has 0 aliphatic rings. The summed E-state index contributed by atoms with van der Waals surface area (Å²) in [5.74, 6) is 0.648. The van der Waals surface area contributed by atoms with Gasteiger partial charge in [-0.15, -0.1) is 0 Å². The Bertz CT molecular complexity index is 115. The molecular formula is C9H19NO. The van der Waals surface area contributed by atoms with Crippen LogP contribution in [0.5, 0.6) is 0 Å². The third kappa shape index (κ3) is 4.82. The Hall–Kier alpha value is -0.530. The minimum atomic E-state index is 0.352. The van der Waals surface area contributed by atoms with Gasteiger partial charge in [-0.05, 0) is 17.8 Å². The summed E-state index contributed by atoms with van der Waals surface area (Å²) in [6, 6.07) is 0. The Kier molecular flexibility index (Phi) is 4.16. The van der Waals surface area contributed by atoms with Gasteiger partial charge >= 0.3 is 0 Å². The van der Waals surface area contributed by atoms with Gasteiger partial charge < -0.3 is 5.32 Å². The minimum Gasteiger partial charge on any atom is -0.359 e. The van der Waals surface area contributed by atoms with Crippen LogP contribution in [0.1, 0.15) is 34.1 Å². The van der Waals surface area contributed by atoms with E-state index in [9.17, 15) is 4.79 Å². The molecule has 0 heterocycles. The lowest BCUT2D eigenvalue weighted by molar-refractivity contribution is -0.109. The highest BCUT2D eigenvalue weighted by molar-refractivity contribution is 5.45. The predicted octanol–water partition coefficient (Wildman–Crippen LogP) is 1.80. The number of carbonyl (C=O) groups is 1. The van der Waals surface area contributed by atoms with E-state index in [1.807, 2.05) is 0 Å². The van der Waals surface area contributed by atoms with Crippen LogP contribution in [-0.2, 0) is 4.79 Å². The normalized spacial score (nSPS) is 14.2. The lowest BCUT2D eigenvalue weighted by atomic mass is 9.80. The van der Waals surface area contributed by atoms with Crippen LogP contribution in [0.2, 0.25) is 0 Å². The number of nitrogens with one attached hydrogen (secondary N) is 1. The summed E-state index contributed by atoms with van der Waals surface area (Å²) < 4.78 is 0. The summed E-state index contributed by atoms with van der Waals surface area (Å²) in [5.41, 5.74) is 0.352. The highest BCUT2D eigenvalue weighted by Gasteiger charge is 2.18. The number of rotatable bonds is 4. The Labute approximate surface area is 69.4 Å². The first-order valence-electron chi connectivity index (χ1n) is 4.15. The molecule has 0 radical (unpaired) electrons. The van der Waals surface area contributed by atoms with Crippen LogP contribution < -0.4 is 5.32 Å². The van der Waals surface area contributed by atoms with Gasteiger partial charge in [0, 0.05) is 6.54 Å². The zero-order valence-corrected chi connectivity index (χ0v) is 7.98. The Morgan fingerprint density at radius 2 is 2.00 bits per heavy atom. The quantitative estimate of drug-likeness (QED) is 0.489. The van der Waals surface area contributed by atoms with Crippen molar-refractivity contribution >= 4 is 6.41 Å². The van der Waals surface area contributed by atoms with Gasteiger partial charge in [-0.25, -0.2) is 0 Å². The van der Waals surface area contributed by atoms with Gasteiger partial charge in [0.05, 0.1) is 0 Å². The van der Waals surface area contributed by atoms with Crippen LogP contribution in [0.3, 0.4) is 0 Å². The molecule has 1 N–H and O–H groups in total. The monoisotopic (exact) mass is 157 g/mol. The molecule has 0 saturated heterocycles. The van der Waals surface area contributed by atoms with E-state index in [4.69, 9.17) is 0 Å². The van der Waals surface area contributed by atoms with Crippen molar-refractivity contribution in [2.75, 3.05) is 6.54 Å². The SMILES string of the molecule is CC(CCNC=O)C(C)(C)C. The van der Waals surface area contributed by atoms with Crippen LogP contribution in [0.25, 0.3) is 0 Å². The van der Waals surface area contributed by atoms with E-state index in [0.717, 1.165) is 19.4 Å². The predicted molar refractivity (Wildman–Crippen MR) is 47.3 cm³/mol. The number of hydrogen-bond donors (Lipinski definition) is 1. The molecule has 0 rings (SSSR count). The number of amides is 1. The largest absolute Gasteiger partial charge is 0.359 e. The van der Waals surface area contributed by atoms with Crippen molar-refractivity contribution in [1.82, 2.24) is 5.32 Å². The van der Waals surface area contributed by atoms with Crippen molar-refractivity contribution < 1.29 is 4.79 Å². The molecule has 2 nitrogen and oxygen atoms in total. The first kappa shape index (κ1) is 10.5. The van der Waals surface area contributed by atoms with Gasteiger partial charge in [0.25, 0.3) is 0 Å². The molecule has 0 spiro atoms. The second-order valence-corrected chi connectivity index (χ2v) is 4.13. The first-order chi connectivity index (χ1) is 4.98. The standard InChI is InChI=1S/C9H19NO/c1-8(9(2,3)4)5-6-10-7-11/h7-8H,5-6H2,1-4H3,(H,10,11). The minimum absolute atomic E-state index is 0.352. The highest BCUT2D eigenvalue weighted by Crippen LogP contribution is 2.27. The van der Waals surface area contributed by atoms with Gasteiger partial charge in [0.15, 0.2) is 0 Å². The van der Waals surface area contributed by atoms with Gasteiger partial charge in [-0.3, -0.25) is 4.79 Å². The molecule has 0 bridgehead atoms. The topological polar surface area (TPSA) is 29.1 Å². The molecule has 0 saturated carbocycles. The molecule has 1 atom stereocenters. The highest BCUT2D eigenvalue weighted by atomic mass is 16.1. The Morgan fingerprint density at radius 1 is 1.45 bits per heavy atom. The summed E-state index contributed by atoms with van der Waals surface area (Å²) in [7, 11) is 0. The maximum atomic E-state index is 9.92. The Balaban J connectivity index is 3.52. The van der Waals surface area contributed by atoms with Crippen molar-refractivity contribution in [3.63, 3.8) is 0 Å². The maximum absolute atomic E-state index is 9.92. The van der Waals surface area contributed by atoms with E-state index in [0.29, 0.717) is 11.3 Å². The van der Waals surface area contributed by atoms with Crippen molar-refractivity contribution in [2.45, 2.75) is 34.1 Å². The fraction of sp³-hybridized carbons (Fsp3) is 0.889. The van der Waals surface area contributed by atoms with E-state index in [2.05, 4.69) is 33.0 Å². The average Bonchev–Trinajstić information content (AvgIpc) is 1.86. The van der Waals surface area contributed by atoms with Crippen LogP contribution >= 0.6 is 0 Å². The van der Waals surface area contributed by atoms with E-state index < -0.39 is 0 Å². The second kappa shape index (κ2) is 4.37. The van der Waals surface area contributed by atoms with Crippen LogP contribution in [-0.4, -0.2) is 13.0 Å². The van der Waals surface area contributed by atoms with Crippen LogP contribution in [0.15, 0.2) is 0 Å². The van der Waals surface area contributed by atoms with E-state index in [1.54, 1.807) is 0 Å². The van der Waals surface area contributed by atoms with Crippen molar-refractivity contribution in [1.29, 1.82) is 0 Å². The van der Waals surface area contributed by atoms with Crippen molar-refractivity contribution in [3.8, 4) is 0 Å². The van der Waals surface area contributed by atoms with Crippen molar-refractivity contribution in [3.05, 3.63) is 0 Å². The lowest BCUT2D eigenvalue weighted by Crippen LogP contribution is -2.22. The fourth-order valence-electron chi connectivity index (χ4n) is 0.792. The molecule has 66 valence electrons. The van der Waals surface area contributed by atoms with Gasteiger partial charge in [0.2, 0.25) is 6.41 Å². The third-order valence-electron chi connectivity index (χ3n) is 2.28. The maximum Gasteiger partial charge on any atom is 0.207 e. The molecule has 0 aromatic heterocycles. The third-order valence-corrected chi connectivity index (χ3v) is 2.28. The molecule has 1 unspecified atom stereocenters. The van der Waals surface area contributed by atoms with Crippen molar-refractivity contribution in [2.24, 2.45) is 11.3 Å². The lowest BCUT2D eigenvalue weighted by Gasteiger charge is -2.26. The van der Waals surface area contributed by atoms with E-state index >= 15 is 0 Å². The molecule has 1 amide bonds. The molecule has 0 aliphatic heterocycles. The molecule has 0 aromatic carbocycles. The Morgan fingerprint density at radius 3 is 2.36 bits per heavy atom. The average molecular weight is 157 g/mol. The number of hydrogen-bond acceptors (Lipinski definition) is 1. The zero-order valence-electron chi connectivity index (χ0n) is 7.98. The molecule has 0 fully saturated rings. The summed E-state index contributed by atoms with van der Waals surface area (Å²) in [5, 5.41) is 2.67. The summed E-state index contributed by atoms with van der Waals surface area (Å²) in [6.07, 6.45) is 1.82. The molecule has 11 heavy (non-hydrogen) atoms. The number of carbonyl (C=O) groups excluding carboxylic acids is 1. The van der Waals surface area contributed by atoms with Crippen LogP contribution in [0, 0.1) is 11.3 Å². The zero-order chi connectivity index (χ0) is 8.91. The second-order valence-electron chi connectivity index (χ2n) is 4.13. The van der Waals surface area contributed by atoms with Crippen LogP contribution in [0.4, 0.5) is 0 Å². The molecule has 2 heteroatoms. The fourth-order valence-corrected chi connectivity index (χ4v) is 0.792.